The number of anilines is 1. The Morgan fingerprint density at radius 1 is 1.32 bits per heavy atom. The maximum Gasteiger partial charge on any atom is 0.337 e. The van der Waals surface area contributed by atoms with Crippen LogP contribution in [0.2, 0.25) is 0 Å². The van der Waals surface area contributed by atoms with Crippen LogP contribution in [-0.4, -0.2) is 21.2 Å². The third-order valence-electron chi connectivity index (χ3n) is 3.36. The van der Waals surface area contributed by atoms with Crippen LogP contribution in [0.1, 0.15) is 13.3 Å². The summed E-state index contributed by atoms with van der Waals surface area (Å²) in [6.07, 6.45) is 0.281. The first kappa shape index (κ1) is 16.3. The number of hydrazine groups is 1. The van der Waals surface area contributed by atoms with E-state index in [-0.39, 0.29) is 17.8 Å². The van der Waals surface area contributed by atoms with Crippen LogP contribution in [0.3, 0.4) is 0 Å². The van der Waals surface area contributed by atoms with Crippen molar-refractivity contribution in [3.8, 4) is 0 Å². The van der Waals surface area contributed by atoms with Crippen molar-refractivity contribution < 1.29 is 14.5 Å². The molecular weight excluding hydrogens is 335 g/mol. The summed E-state index contributed by atoms with van der Waals surface area (Å²) in [5.41, 5.74) is 3.40. The Morgan fingerprint density at radius 2 is 1.95 bits per heavy atom. The number of hydrogen-bond acceptors (Lipinski definition) is 4. The summed E-state index contributed by atoms with van der Waals surface area (Å²) in [4.78, 5) is 33.5. The first-order chi connectivity index (χ1) is 10.2. The topological polar surface area (TPSA) is 113 Å². The fraction of sp³-hybridized carbons (Fsp3) is 0.333. The van der Waals surface area contributed by atoms with E-state index in [0.717, 1.165) is 0 Å². The van der Waals surface area contributed by atoms with E-state index >= 15 is 0 Å². The number of nitro groups is 1. The number of carbonyl (C=O) groups is 2. The zero-order valence-electron chi connectivity index (χ0n) is 11.4. The molecule has 1 fully saturated rings. The smallest absolute Gasteiger partial charge is 0.306 e. The number of halogens is 2. The molecule has 3 N–H and O–H groups in total. The van der Waals surface area contributed by atoms with Crippen molar-refractivity contribution >= 4 is 46.5 Å². The first-order valence-corrected chi connectivity index (χ1v) is 6.91. The van der Waals surface area contributed by atoms with Gasteiger partial charge in [-0.25, -0.2) is 10.2 Å². The Labute approximate surface area is 135 Å². The van der Waals surface area contributed by atoms with Crippen molar-refractivity contribution in [2.45, 2.75) is 17.7 Å². The minimum Gasteiger partial charge on any atom is -0.306 e. The zero-order chi connectivity index (χ0) is 16.5. The number of non-ortho nitro benzene ring substituents is 1. The SMILES string of the molecule is CC1(C(=O)NNC(=O)Nc2cccc([N+](=O)[O-])c2)CC1(Cl)Cl. The largest absolute Gasteiger partial charge is 0.337 e. The van der Waals surface area contributed by atoms with Crippen molar-refractivity contribution in [3.05, 3.63) is 34.4 Å². The van der Waals surface area contributed by atoms with Gasteiger partial charge < -0.3 is 5.32 Å². The van der Waals surface area contributed by atoms with Crippen LogP contribution in [-0.2, 0) is 4.79 Å². The van der Waals surface area contributed by atoms with Gasteiger partial charge in [-0.05, 0) is 19.4 Å². The van der Waals surface area contributed by atoms with Crippen molar-refractivity contribution in [3.63, 3.8) is 0 Å². The molecule has 1 aromatic carbocycles. The molecule has 0 heterocycles. The van der Waals surface area contributed by atoms with Gasteiger partial charge in [0, 0.05) is 17.8 Å². The predicted octanol–water partition coefficient (Wildman–Crippen LogP) is 2.33. The summed E-state index contributed by atoms with van der Waals surface area (Å²) < 4.78 is -1.14. The van der Waals surface area contributed by atoms with Gasteiger partial charge in [-0.3, -0.25) is 20.3 Å². The molecule has 0 aliphatic heterocycles. The third kappa shape index (κ3) is 3.23. The van der Waals surface area contributed by atoms with E-state index in [9.17, 15) is 19.7 Å². The quantitative estimate of drug-likeness (QED) is 0.442. The Balaban J connectivity index is 1.88. The molecule has 1 aliphatic carbocycles. The number of nitro benzene ring substituents is 1. The van der Waals surface area contributed by atoms with E-state index < -0.39 is 26.6 Å². The molecule has 8 nitrogen and oxygen atoms in total. The lowest BCUT2D eigenvalue weighted by molar-refractivity contribution is -0.384. The Hall–Kier alpha value is -2.06. The summed E-state index contributed by atoms with van der Waals surface area (Å²) in [7, 11) is 0. The van der Waals surface area contributed by atoms with Gasteiger partial charge in [0.15, 0.2) is 0 Å². The van der Waals surface area contributed by atoms with Crippen LogP contribution in [0.4, 0.5) is 16.2 Å². The molecule has 1 aliphatic rings. The Bertz CT molecular complexity index is 652. The molecule has 3 amide bonds. The number of hydrogen-bond donors (Lipinski definition) is 3. The second-order valence-electron chi connectivity index (χ2n) is 5.05. The Morgan fingerprint density at radius 3 is 2.50 bits per heavy atom. The molecule has 1 unspecified atom stereocenters. The maximum atomic E-state index is 11.8. The number of amides is 3. The highest BCUT2D eigenvalue weighted by Crippen LogP contribution is 2.63. The van der Waals surface area contributed by atoms with Crippen molar-refractivity contribution in [1.82, 2.24) is 10.9 Å². The van der Waals surface area contributed by atoms with Crippen LogP contribution in [0, 0.1) is 15.5 Å². The van der Waals surface area contributed by atoms with E-state index in [0.29, 0.717) is 0 Å². The van der Waals surface area contributed by atoms with Crippen LogP contribution in [0.25, 0.3) is 0 Å². The fourth-order valence-electron chi connectivity index (χ4n) is 1.76. The summed E-state index contributed by atoms with van der Waals surface area (Å²) in [6, 6.07) is 4.62. The number of carbonyl (C=O) groups excluding carboxylic acids is 2. The van der Waals surface area contributed by atoms with Crippen LogP contribution < -0.4 is 16.2 Å². The van der Waals surface area contributed by atoms with E-state index in [1.165, 1.54) is 24.3 Å². The highest BCUT2D eigenvalue weighted by Gasteiger charge is 2.68. The number of benzene rings is 1. The van der Waals surface area contributed by atoms with Gasteiger partial charge in [-0.1, -0.05) is 6.07 Å². The van der Waals surface area contributed by atoms with Gasteiger partial charge in [0.05, 0.1) is 10.3 Å². The van der Waals surface area contributed by atoms with Gasteiger partial charge in [-0.2, -0.15) is 0 Å². The zero-order valence-corrected chi connectivity index (χ0v) is 12.9. The minimum atomic E-state index is -1.14. The van der Waals surface area contributed by atoms with Crippen LogP contribution >= 0.6 is 23.2 Å². The highest BCUT2D eigenvalue weighted by atomic mass is 35.5. The monoisotopic (exact) mass is 346 g/mol. The molecule has 10 heteroatoms. The molecule has 0 spiro atoms. The molecule has 0 radical (unpaired) electrons. The maximum absolute atomic E-state index is 11.8. The molecule has 2 rings (SSSR count). The van der Waals surface area contributed by atoms with Crippen LogP contribution in [0.5, 0.6) is 0 Å². The van der Waals surface area contributed by atoms with Crippen LogP contribution in [0.15, 0.2) is 24.3 Å². The molecular formula is C12H12Cl2N4O4. The lowest BCUT2D eigenvalue weighted by atomic mass is 10.1. The normalized spacial score (nSPS) is 21.6. The second-order valence-corrected chi connectivity index (χ2v) is 6.54. The van der Waals surface area contributed by atoms with E-state index in [2.05, 4.69) is 16.2 Å². The molecule has 0 bridgehead atoms. The number of urea groups is 1. The fourth-order valence-corrected chi connectivity index (χ4v) is 2.46. The molecule has 0 saturated heterocycles. The molecule has 22 heavy (non-hydrogen) atoms. The number of nitrogens with one attached hydrogen (secondary N) is 3. The van der Waals surface area contributed by atoms with Crippen molar-refractivity contribution in [1.29, 1.82) is 0 Å². The Kier molecular flexibility index (Phi) is 4.17. The second kappa shape index (κ2) is 5.62. The number of alkyl halides is 2. The van der Waals surface area contributed by atoms with Gasteiger partial charge >= 0.3 is 6.03 Å². The van der Waals surface area contributed by atoms with E-state index in [1.54, 1.807) is 6.92 Å². The summed E-state index contributed by atoms with van der Waals surface area (Å²) in [5.74, 6) is -0.522. The lowest BCUT2D eigenvalue weighted by Gasteiger charge is -2.13. The summed E-state index contributed by atoms with van der Waals surface area (Å²) >= 11 is 11.7. The first-order valence-electron chi connectivity index (χ1n) is 6.15. The molecule has 1 atom stereocenters. The summed E-state index contributed by atoms with van der Waals surface area (Å²) in [5, 5.41) is 13.0. The predicted molar refractivity (Wildman–Crippen MR) is 80.6 cm³/mol. The van der Waals surface area contributed by atoms with Crippen molar-refractivity contribution in [2.75, 3.05) is 5.32 Å². The van der Waals surface area contributed by atoms with Gasteiger partial charge in [0.1, 0.15) is 4.33 Å². The number of rotatable bonds is 3. The van der Waals surface area contributed by atoms with Gasteiger partial charge in [0.2, 0.25) is 5.91 Å². The average molecular weight is 347 g/mol. The molecule has 1 aromatic rings. The minimum absolute atomic E-state index is 0.165. The number of nitrogens with zero attached hydrogens (tertiary/aromatic N) is 1. The third-order valence-corrected chi connectivity index (χ3v) is 4.46. The average Bonchev–Trinajstić information content (AvgIpc) is 2.96. The van der Waals surface area contributed by atoms with E-state index in [1.807, 2.05) is 0 Å². The molecule has 1 saturated carbocycles. The summed E-state index contributed by atoms with van der Waals surface area (Å²) in [6.45, 7) is 1.57. The van der Waals surface area contributed by atoms with Gasteiger partial charge in [-0.15, -0.1) is 23.2 Å². The lowest BCUT2D eigenvalue weighted by Crippen LogP contribution is -2.47. The molecule has 0 aromatic heterocycles. The molecule has 118 valence electrons. The van der Waals surface area contributed by atoms with Crippen molar-refractivity contribution in [2.24, 2.45) is 5.41 Å². The van der Waals surface area contributed by atoms with Gasteiger partial charge in [0.25, 0.3) is 5.69 Å². The highest BCUT2D eigenvalue weighted by molar-refractivity contribution is 6.53. The van der Waals surface area contributed by atoms with E-state index in [4.69, 9.17) is 23.2 Å². The standard InChI is InChI=1S/C12H12Cl2N4O4/c1-11(6-12(11,13)14)9(19)16-17-10(20)15-7-3-2-4-8(5-7)18(21)22/h2-5H,6H2,1H3,(H,16,19)(H2,15,17,20).